The van der Waals surface area contributed by atoms with Crippen molar-refractivity contribution >= 4 is 15.5 Å². The van der Waals surface area contributed by atoms with Gasteiger partial charge in [0.1, 0.15) is 0 Å². The number of sulfone groups is 1. The highest BCUT2D eigenvalue weighted by Gasteiger charge is 2.21. The summed E-state index contributed by atoms with van der Waals surface area (Å²) in [4.78, 5) is 12.5. The van der Waals surface area contributed by atoms with Crippen LogP contribution in [-0.2, 0) is 16.4 Å². The Bertz CT molecular complexity index is 957. The molecular weight excluding hydrogens is 336 g/mol. The van der Waals surface area contributed by atoms with E-state index in [4.69, 9.17) is 0 Å². The van der Waals surface area contributed by atoms with Crippen LogP contribution >= 0.6 is 0 Å². The molecule has 0 amide bonds. The molecule has 3 rings (SSSR count). The number of rotatable bonds is 6. The molecule has 1 heterocycles. The van der Waals surface area contributed by atoms with Crippen molar-refractivity contribution in [3.05, 3.63) is 46.4 Å². The molecule has 0 aliphatic heterocycles. The largest absolute Gasteiger partial charge is 0.384 e. The van der Waals surface area contributed by atoms with Crippen LogP contribution in [-0.4, -0.2) is 25.8 Å². The van der Waals surface area contributed by atoms with Gasteiger partial charge in [0.15, 0.2) is 9.84 Å². The molecule has 0 saturated heterocycles. The molecule has 1 aromatic heterocycles. The molecule has 5 nitrogen and oxygen atoms in total. The zero-order chi connectivity index (χ0) is 18.2. The molecule has 0 radical (unpaired) electrons. The van der Waals surface area contributed by atoms with Crippen molar-refractivity contribution in [2.24, 2.45) is 5.92 Å². The van der Waals surface area contributed by atoms with Crippen LogP contribution in [0.15, 0.2) is 40.2 Å². The number of nitrogens with one attached hydrogen (secondary N) is 1. The summed E-state index contributed by atoms with van der Waals surface area (Å²) in [5.41, 5.74) is 3.20. The maximum Gasteiger partial charge on any atom is 0.253 e. The van der Waals surface area contributed by atoms with Crippen molar-refractivity contribution in [1.82, 2.24) is 4.57 Å². The van der Waals surface area contributed by atoms with Crippen LogP contribution in [0.25, 0.3) is 11.1 Å². The van der Waals surface area contributed by atoms with E-state index in [1.54, 1.807) is 29.8 Å². The molecule has 0 unspecified atom stereocenters. The Morgan fingerprint density at radius 2 is 1.96 bits per heavy atom. The molecule has 0 spiro atoms. The number of nitrogens with zero attached hydrogens (tertiary/aromatic N) is 1. The lowest BCUT2D eigenvalue weighted by Crippen LogP contribution is -2.21. The van der Waals surface area contributed by atoms with E-state index in [-0.39, 0.29) is 10.5 Å². The van der Waals surface area contributed by atoms with Gasteiger partial charge in [0.25, 0.3) is 5.56 Å². The minimum atomic E-state index is -3.30. The van der Waals surface area contributed by atoms with Crippen molar-refractivity contribution in [1.29, 1.82) is 0 Å². The molecule has 1 aromatic carbocycles. The summed E-state index contributed by atoms with van der Waals surface area (Å²) in [7, 11) is -3.30. The normalized spacial score (nSPS) is 14.5. The van der Waals surface area contributed by atoms with Gasteiger partial charge in [-0.3, -0.25) is 4.79 Å². The number of hydrogen-bond donors (Lipinski definition) is 1. The monoisotopic (exact) mass is 360 g/mol. The number of anilines is 1. The Morgan fingerprint density at radius 1 is 1.24 bits per heavy atom. The van der Waals surface area contributed by atoms with Crippen LogP contribution < -0.4 is 10.9 Å². The van der Waals surface area contributed by atoms with E-state index < -0.39 is 9.84 Å². The van der Waals surface area contributed by atoms with Crippen molar-refractivity contribution in [2.45, 2.75) is 38.1 Å². The summed E-state index contributed by atoms with van der Waals surface area (Å²) in [6, 6.07) is 6.99. The highest BCUT2D eigenvalue weighted by Crippen LogP contribution is 2.33. The Balaban J connectivity index is 2.13. The second-order valence-electron chi connectivity index (χ2n) is 6.81. The molecule has 1 fully saturated rings. The highest BCUT2D eigenvalue weighted by molar-refractivity contribution is 7.90. The maximum atomic E-state index is 12.2. The first-order valence-corrected chi connectivity index (χ1v) is 10.5. The molecule has 1 saturated carbocycles. The summed E-state index contributed by atoms with van der Waals surface area (Å²) in [6.07, 6.45) is 5.49. The van der Waals surface area contributed by atoms with Crippen molar-refractivity contribution < 1.29 is 8.42 Å². The number of pyridine rings is 1. The molecule has 1 N–H and O–H groups in total. The average molecular weight is 360 g/mol. The van der Waals surface area contributed by atoms with Gasteiger partial charge in [0.05, 0.1) is 4.90 Å². The molecule has 25 heavy (non-hydrogen) atoms. The molecule has 1 aliphatic carbocycles. The molecule has 2 aromatic rings. The summed E-state index contributed by atoms with van der Waals surface area (Å²) in [5, 5.41) is 3.44. The van der Waals surface area contributed by atoms with Crippen LogP contribution in [0.5, 0.6) is 0 Å². The third-order valence-electron chi connectivity index (χ3n) is 4.61. The number of aromatic nitrogens is 1. The summed E-state index contributed by atoms with van der Waals surface area (Å²) in [6.45, 7) is 5.17. The summed E-state index contributed by atoms with van der Waals surface area (Å²) >= 11 is 0. The fourth-order valence-electron chi connectivity index (χ4n) is 2.89. The minimum absolute atomic E-state index is 0.0157. The molecule has 1 aliphatic rings. The third-order valence-corrected chi connectivity index (χ3v) is 5.72. The lowest BCUT2D eigenvalue weighted by atomic mass is 10.0. The summed E-state index contributed by atoms with van der Waals surface area (Å²) < 4.78 is 25.6. The predicted molar refractivity (Wildman–Crippen MR) is 101 cm³/mol. The Morgan fingerprint density at radius 3 is 2.56 bits per heavy atom. The minimum Gasteiger partial charge on any atom is -0.384 e. The van der Waals surface area contributed by atoms with Gasteiger partial charge in [-0.1, -0.05) is 0 Å². The number of hydrogen-bond acceptors (Lipinski definition) is 4. The van der Waals surface area contributed by atoms with E-state index >= 15 is 0 Å². The zero-order valence-corrected chi connectivity index (χ0v) is 15.7. The first kappa shape index (κ1) is 17.7. The first-order chi connectivity index (χ1) is 11.8. The fourth-order valence-corrected chi connectivity index (χ4v) is 3.54. The van der Waals surface area contributed by atoms with Gasteiger partial charge >= 0.3 is 0 Å². The Labute approximate surface area is 148 Å². The van der Waals surface area contributed by atoms with E-state index in [0.29, 0.717) is 18.0 Å². The fraction of sp³-hybridized carbons (Fsp3) is 0.421. The third kappa shape index (κ3) is 3.95. The second-order valence-corrected chi connectivity index (χ2v) is 8.82. The molecule has 0 bridgehead atoms. The molecule has 0 atom stereocenters. The average Bonchev–Trinajstić information content (AvgIpc) is 3.38. The zero-order valence-electron chi connectivity index (χ0n) is 14.9. The van der Waals surface area contributed by atoms with E-state index in [1.807, 2.05) is 19.1 Å². The maximum absolute atomic E-state index is 12.2. The van der Waals surface area contributed by atoms with Crippen molar-refractivity contribution in [2.75, 3.05) is 18.1 Å². The van der Waals surface area contributed by atoms with Crippen molar-refractivity contribution in [3.8, 4) is 11.1 Å². The molecule has 134 valence electrons. The predicted octanol–water partition coefficient (Wildman–Crippen LogP) is 3.07. The van der Waals surface area contributed by atoms with Gasteiger partial charge in [-0.05, 0) is 56.9 Å². The highest BCUT2D eigenvalue weighted by atomic mass is 32.2. The van der Waals surface area contributed by atoms with Gasteiger partial charge < -0.3 is 9.88 Å². The quantitative estimate of drug-likeness (QED) is 0.860. The van der Waals surface area contributed by atoms with Crippen LogP contribution in [0.4, 0.5) is 5.69 Å². The van der Waals surface area contributed by atoms with Gasteiger partial charge in [0.2, 0.25) is 0 Å². The van der Waals surface area contributed by atoms with Gasteiger partial charge in [-0.15, -0.1) is 0 Å². The van der Waals surface area contributed by atoms with Gasteiger partial charge in [0, 0.05) is 47.9 Å². The first-order valence-electron chi connectivity index (χ1n) is 8.59. The Hall–Kier alpha value is -2.08. The van der Waals surface area contributed by atoms with Gasteiger partial charge in [-0.2, -0.15) is 0 Å². The van der Waals surface area contributed by atoms with Crippen LogP contribution in [0.2, 0.25) is 0 Å². The number of aryl methyl sites for hydroxylation is 2. The van der Waals surface area contributed by atoms with Gasteiger partial charge in [-0.25, -0.2) is 8.42 Å². The van der Waals surface area contributed by atoms with Crippen LogP contribution in [0, 0.1) is 12.8 Å². The second kappa shape index (κ2) is 6.67. The molecular formula is C19H24N2O3S. The molecule has 6 heteroatoms. The summed E-state index contributed by atoms with van der Waals surface area (Å²) in [5.74, 6) is 0.703. The van der Waals surface area contributed by atoms with E-state index in [1.165, 1.54) is 19.1 Å². The van der Waals surface area contributed by atoms with Crippen LogP contribution in [0.3, 0.4) is 0 Å². The number of benzene rings is 1. The SMILES string of the molecule is CCn1cc(-c2cc(S(C)(=O)=O)ccc2NCC2CC2)cc(C)c1=O. The lowest BCUT2D eigenvalue weighted by Gasteiger charge is -2.15. The van der Waals surface area contributed by atoms with Crippen molar-refractivity contribution in [3.63, 3.8) is 0 Å². The smallest absolute Gasteiger partial charge is 0.253 e. The van der Waals surface area contributed by atoms with Crippen LogP contribution in [0.1, 0.15) is 25.3 Å². The Kier molecular flexibility index (Phi) is 4.73. The topological polar surface area (TPSA) is 68.2 Å². The lowest BCUT2D eigenvalue weighted by molar-refractivity contribution is 0.602. The van der Waals surface area contributed by atoms with E-state index in [0.717, 1.165) is 23.4 Å². The standard InChI is InChI=1S/C19H24N2O3S/c1-4-21-12-15(9-13(2)19(21)22)17-10-16(25(3,23)24)7-8-18(17)20-11-14-5-6-14/h7-10,12,14,20H,4-6,11H2,1-3H3. The van der Waals surface area contributed by atoms with E-state index in [2.05, 4.69) is 5.32 Å². The van der Waals surface area contributed by atoms with E-state index in [9.17, 15) is 13.2 Å².